The summed E-state index contributed by atoms with van der Waals surface area (Å²) in [5.41, 5.74) is 7.23. The summed E-state index contributed by atoms with van der Waals surface area (Å²) in [5, 5.41) is 11.9. The molecule has 0 aliphatic carbocycles. The first-order valence-corrected chi connectivity index (χ1v) is 18.9. The summed E-state index contributed by atoms with van der Waals surface area (Å²) in [6.07, 6.45) is 4.95. The van der Waals surface area contributed by atoms with Crippen LogP contribution in [0.15, 0.2) is 122 Å². The number of carbonyl (C=O) groups is 3. The molecule has 2 saturated heterocycles. The van der Waals surface area contributed by atoms with Crippen molar-refractivity contribution in [1.29, 1.82) is 0 Å². The minimum Gasteiger partial charge on any atom is -0.465 e. The van der Waals surface area contributed by atoms with E-state index in [1.54, 1.807) is 42.5 Å². The monoisotopic (exact) mass is 749 g/mol. The van der Waals surface area contributed by atoms with E-state index in [1.807, 2.05) is 59.6 Å². The average Bonchev–Trinajstić information content (AvgIpc) is 4.08. The summed E-state index contributed by atoms with van der Waals surface area (Å²) in [7, 11) is 1.57. The number of amides is 3. The van der Waals surface area contributed by atoms with Crippen LogP contribution in [0.1, 0.15) is 72.7 Å². The number of nitrogens with one attached hydrogen (secondary N) is 3. The quantitative estimate of drug-likeness (QED) is 0.105. The second kappa shape index (κ2) is 16.1. The Bertz CT molecular complexity index is 2290. The van der Waals surface area contributed by atoms with Gasteiger partial charge in [-0.05, 0) is 59.1 Å². The van der Waals surface area contributed by atoms with Gasteiger partial charge in [-0.3, -0.25) is 9.59 Å². The van der Waals surface area contributed by atoms with Gasteiger partial charge in [0.05, 0.1) is 35.9 Å². The minimum absolute atomic E-state index is 0.0561. The van der Waals surface area contributed by atoms with E-state index in [9.17, 15) is 19.5 Å². The fourth-order valence-electron chi connectivity index (χ4n) is 8.00. The largest absolute Gasteiger partial charge is 0.465 e. The van der Waals surface area contributed by atoms with Crippen molar-refractivity contribution in [1.82, 2.24) is 35.1 Å². The number of carboxylic acid groups (broad SMARTS) is 1. The van der Waals surface area contributed by atoms with Gasteiger partial charge in [0.25, 0.3) is 11.8 Å². The van der Waals surface area contributed by atoms with E-state index in [0.29, 0.717) is 24.5 Å². The molecular formula is C44H43N7O5. The molecule has 2 fully saturated rings. The molecule has 3 amide bonds. The van der Waals surface area contributed by atoms with Crippen molar-refractivity contribution in [3.63, 3.8) is 0 Å². The maximum atomic E-state index is 13.7. The third kappa shape index (κ3) is 7.43. The lowest BCUT2D eigenvalue weighted by atomic mass is 10.0. The number of nitrogens with zero attached hydrogens (tertiary/aromatic N) is 4. The van der Waals surface area contributed by atoms with Gasteiger partial charge in [-0.25, -0.2) is 14.8 Å². The summed E-state index contributed by atoms with van der Waals surface area (Å²) in [6.45, 7) is 1.18. The predicted octanol–water partition coefficient (Wildman–Crippen LogP) is 7.86. The maximum absolute atomic E-state index is 13.7. The molecule has 0 bridgehead atoms. The first-order valence-electron chi connectivity index (χ1n) is 18.9. The van der Waals surface area contributed by atoms with Gasteiger partial charge in [0.1, 0.15) is 17.7 Å². The van der Waals surface area contributed by atoms with Crippen LogP contribution >= 0.6 is 0 Å². The van der Waals surface area contributed by atoms with Crippen LogP contribution < -0.4 is 5.32 Å². The Balaban J connectivity index is 0.927. The number of aromatic nitrogens is 4. The van der Waals surface area contributed by atoms with Crippen molar-refractivity contribution < 1.29 is 24.2 Å². The number of benzene rings is 4. The molecule has 56 heavy (non-hydrogen) atoms. The topological polar surface area (TPSA) is 157 Å². The van der Waals surface area contributed by atoms with Gasteiger partial charge in [0.15, 0.2) is 6.10 Å². The number of imidazole rings is 2. The predicted molar refractivity (Wildman–Crippen MR) is 211 cm³/mol. The zero-order valence-corrected chi connectivity index (χ0v) is 31.0. The Kier molecular flexibility index (Phi) is 10.5. The van der Waals surface area contributed by atoms with Gasteiger partial charge in [-0.2, -0.15) is 0 Å². The van der Waals surface area contributed by atoms with E-state index in [1.165, 1.54) is 0 Å². The average molecular weight is 750 g/mol. The summed E-state index contributed by atoms with van der Waals surface area (Å²) in [4.78, 5) is 58.8. The number of likely N-dealkylation sites (tertiary alicyclic amines) is 2. The van der Waals surface area contributed by atoms with E-state index in [0.717, 1.165) is 70.7 Å². The molecule has 4 N–H and O–H groups in total. The first-order chi connectivity index (χ1) is 27.4. The summed E-state index contributed by atoms with van der Waals surface area (Å²) in [5.74, 6) is 1.09. The molecule has 6 aromatic rings. The number of H-pyrrole nitrogens is 2. The number of ether oxygens (including phenoxy) is 1. The standard InChI is InChI=1S/C44H43N7O5/c1-56-39(33-12-6-3-7-13-33)43(53)51-25-9-15-37(51)41-46-27-35(48-41)31-22-18-29(19-23-31)28-16-20-30(21-17-28)34-26-45-40(47-34)36-14-8-24-50(36)42(52)38(49-44(54)55)32-10-4-2-5-11-32/h2-7,10-13,16-23,26-27,36-39,49H,8-9,14-15,24-25H2,1H3,(H,45,47)(H,46,48)(H,54,55)/t36-,37-,38+,39+/m0/s1. The normalized spacial score (nSPS) is 17.8. The molecule has 2 aliphatic heterocycles. The van der Waals surface area contributed by atoms with Gasteiger partial charge in [-0.1, -0.05) is 109 Å². The molecule has 0 spiro atoms. The van der Waals surface area contributed by atoms with E-state index >= 15 is 0 Å². The number of hydrogen-bond donors (Lipinski definition) is 4. The van der Waals surface area contributed by atoms with Crippen LogP contribution in [0, 0.1) is 0 Å². The Morgan fingerprint density at radius 3 is 1.57 bits per heavy atom. The highest BCUT2D eigenvalue weighted by Crippen LogP contribution is 2.36. The van der Waals surface area contributed by atoms with Crippen molar-refractivity contribution in [2.24, 2.45) is 0 Å². The number of carbonyl (C=O) groups excluding carboxylic acids is 2. The molecule has 4 heterocycles. The van der Waals surface area contributed by atoms with Gasteiger partial charge in [0.2, 0.25) is 0 Å². The van der Waals surface area contributed by atoms with Gasteiger partial charge < -0.3 is 34.9 Å². The third-order valence-electron chi connectivity index (χ3n) is 10.8. The Labute approximate surface area is 324 Å². The maximum Gasteiger partial charge on any atom is 0.405 e. The Morgan fingerprint density at radius 2 is 1.11 bits per heavy atom. The highest BCUT2D eigenvalue weighted by molar-refractivity contribution is 5.87. The van der Waals surface area contributed by atoms with E-state index < -0.39 is 18.2 Å². The molecule has 2 aromatic heterocycles. The highest BCUT2D eigenvalue weighted by atomic mass is 16.5. The van der Waals surface area contributed by atoms with Crippen LogP contribution in [0.2, 0.25) is 0 Å². The number of aromatic amines is 2. The van der Waals surface area contributed by atoms with Gasteiger partial charge in [0, 0.05) is 20.2 Å². The summed E-state index contributed by atoms with van der Waals surface area (Å²) < 4.78 is 5.65. The van der Waals surface area contributed by atoms with Crippen LogP contribution in [0.4, 0.5) is 4.79 Å². The molecule has 8 rings (SSSR count). The highest BCUT2D eigenvalue weighted by Gasteiger charge is 2.38. The van der Waals surface area contributed by atoms with Crippen molar-refractivity contribution in [2.75, 3.05) is 20.2 Å². The lowest BCUT2D eigenvalue weighted by Gasteiger charge is -2.28. The lowest BCUT2D eigenvalue weighted by Crippen LogP contribution is -2.42. The Morgan fingerprint density at radius 1 is 0.661 bits per heavy atom. The van der Waals surface area contributed by atoms with E-state index in [2.05, 4.69) is 56.7 Å². The van der Waals surface area contributed by atoms with Crippen LogP contribution in [-0.4, -0.2) is 72.9 Å². The molecule has 0 radical (unpaired) electrons. The summed E-state index contributed by atoms with van der Waals surface area (Å²) >= 11 is 0. The molecule has 0 unspecified atom stereocenters. The molecule has 4 aromatic carbocycles. The molecular weight excluding hydrogens is 707 g/mol. The van der Waals surface area contributed by atoms with Gasteiger partial charge >= 0.3 is 6.09 Å². The van der Waals surface area contributed by atoms with Crippen LogP contribution in [0.25, 0.3) is 33.6 Å². The van der Waals surface area contributed by atoms with Crippen molar-refractivity contribution in [3.05, 3.63) is 144 Å². The van der Waals surface area contributed by atoms with Crippen LogP contribution in [0.3, 0.4) is 0 Å². The second-order valence-electron chi connectivity index (χ2n) is 14.2. The lowest BCUT2D eigenvalue weighted by molar-refractivity contribution is -0.143. The van der Waals surface area contributed by atoms with Crippen LogP contribution in [0.5, 0.6) is 0 Å². The van der Waals surface area contributed by atoms with Crippen LogP contribution in [-0.2, 0) is 14.3 Å². The number of methoxy groups -OCH3 is 1. The van der Waals surface area contributed by atoms with E-state index in [4.69, 9.17) is 9.72 Å². The minimum atomic E-state index is -1.25. The van der Waals surface area contributed by atoms with Gasteiger partial charge in [-0.15, -0.1) is 0 Å². The molecule has 12 nitrogen and oxygen atoms in total. The SMILES string of the molecule is CO[C@@H](C(=O)N1CCC[C@H]1c1ncc(-c2ccc(-c3ccc(-c4cnc([C@@H]5CCCN5C(=O)[C@H](NC(=O)O)c5ccccc5)[nH]4)cc3)cc2)[nH]1)c1ccccc1. The third-order valence-corrected chi connectivity index (χ3v) is 10.8. The molecule has 4 atom stereocenters. The summed E-state index contributed by atoms with van der Waals surface area (Å²) in [6, 6.07) is 33.6. The van der Waals surface area contributed by atoms with Crippen molar-refractivity contribution in [3.8, 4) is 33.6 Å². The zero-order chi connectivity index (χ0) is 38.6. The van der Waals surface area contributed by atoms with Crippen molar-refractivity contribution >= 4 is 17.9 Å². The zero-order valence-electron chi connectivity index (χ0n) is 31.0. The number of rotatable bonds is 11. The smallest absolute Gasteiger partial charge is 0.405 e. The first kappa shape index (κ1) is 36.4. The second-order valence-corrected chi connectivity index (χ2v) is 14.2. The van der Waals surface area contributed by atoms with Crippen molar-refractivity contribution in [2.45, 2.75) is 49.9 Å². The number of hydrogen-bond acceptors (Lipinski definition) is 6. The molecule has 0 saturated carbocycles. The molecule has 2 aliphatic rings. The fraction of sp³-hybridized carbons (Fsp3) is 0.250. The molecule has 284 valence electrons. The fourth-order valence-corrected chi connectivity index (χ4v) is 8.00. The molecule has 12 heteroatoms. The Hall–Kier alpha value is -6.53. The van der Waals surface area contributed by atoms with E-state index in [-0.39, 0.29) is 23.9 Å².